The Balaban J connectivity index is 1.67. The topological polar surface area (TPSA) is 67.9 Å². The van der Waals surface area contributed by atoms with Crippen LogP contribution < -0.4 is 5.32 Å². The summed E-state index contributed by atoms with van der Waals surface area (Å²) in [4.78, 5) is 0. The molecule has 0 aliphatic carbocycles. The third kappa shape index (κ3) is 4.17. The van der Waals surface area contributed by atoms with Crippen molar-refractivity contribution in [3.05, 3.63) is 0 Å². The highest BCUT2D eigenvalue weighted by Gasteiger charge is 2.25. The van der Waals surface area contributed by atoms with E-state index in [4.69, 9.17) is 9.47 Å². The van der Waals surface area contributed by atoms with Gasteiger partial charge in [0.25, 0.3) is 0 Å². The monoisotopic (exact) mass is 278 g/mol. The maximum absolute atomic E-state index is 11.4. The Hall–Kier alpha value is -0.210. The van der Waals surface area contributed by atoms with E-state index in [1.807, 2.05) is 0 Å². The van der Waals surface area contributed by atoms with Crippen LogP contribution in [0.5, 0.6) is 0 Å². The lowest BCUT2D eigenvalue weighted by Crippen LogP contribution is -2.47. The lowest BCUT2D eigenvalue weighted by molar-refractivity contribution is -0.137. The third-order valence-corrected chi connectivity index (χ3v) is 4.83. The Kier molecular flexibility index (Phi) is 4.97. The van der Waals surface area contributed by atoms with Gasteiger partial charge in [0.2, 0.25) is 10.0 Å². The van der Waals surface area contributed by atoms with Gasteiger partial charge in [0.1, 0.15) is 6.79 Å². The van der Waals surface area contributed by atoms with Gasteiger partial charge in [-0.3, -0.25) is 0 Å². The molecular weight excluding hydrogens is 256 g/mol. The van der Waals surface area contributed by atoms with Gasteiger partial charge >= 0.3 is 0 Å². The molecule has 6 nitrogen and oxygen atoms in total. The van der Waals surface area contributed by atoms with E-state index in [0.717, 1.165) is 32.4 Å². The van der Waals surface area contributed by atoms with Crippen molar-refractivity contribution in [3.8, 4) is 0 Å². The minimum atomic E-state index is -3.02. The van der Waals surface area contributed by atoms with Crippen molar-refractivity contribution in [2.45, 2.75) is 31.4 Å². The van der Waals surface area contributed by atoms with Crippen LogP contribution in [0.1, 0.15) is 19.3 Å². The molecule has 1 atom stereocenters. The maximum atomic E-state index is 11.4. The Morgan fingerprint density at radius 3 is 2.56 bits per heavy atom. The van der Waals surface area contributed by atoms with Crippen molar-refractivity contribution >= 4 is 10.0 Å². The molecule has 2 rings (SSSR count). The molecule has 0 amide bonds. The predicted molar refractivity (Wildman–Crippen MR) is 67.8 cm³/mol. The van der Waals surface area contributed by atoms with E-state index in [9.17, 15) is 8.42 Å². The highest BCUT2D eigenvalue weighted by Crippen LogP contribution is 2.14. The summed E-state index contributed by atoms with van der Waals surface area (Å²) in [5.41, 5.74) is 0. The number of sulfonamides is 1. The van der Waals surface area contributed by atoms with Crippen molar-refractivity contribution in [2.75, 3.05) is 39.3 Å². The fraction of sp³-hybridized carbons (Fsp3) is 1.00. The Morgan fingerprint density at radius 1 is 1.28 bits per heavy atom. The van der Waals surface area contributed by atoms with Gasteiger partial charge in [0.05, 0.1) is 19.0 Å². The van der Waals surface area contributed by atoms with Crippen molar-refractivity contribution in [2.24, 2.45) is 0 Å². The number of rotatable bonds is 4. The number of ether oxygens (including phenoxy) is 2. The van der Waals surface area contributed by atoms with E-state index in [2.05, 4.69) is 5.32 Å². The highest BCUT2D eigenvalue weighted by molar-refractivity contribution is 7.88. The van der Waals surface area contributed by atoms with Crippen LogP contribution in [0.15, 0.2) is 0 Å². The van der Waals surface area contributed by atoms with Crippen LogP contribution in [0.25, 0.3) is 0 Å². The molecule has 0 radical (unpaired) electrons. The van der Waals surface area contributed by atoms with Crippen molar-refractivity contribution < 1.29 is 17.9 Å². The summed E-state index contributed by atoms with van der Waals surface area (Å²) in [6.07, 6.45) is 4.17. The lowest BCUT2D eigenvalue weighted by Gasteiger charge is -2.32. The van der Waals surface area contributed by atoms with Gasteiger partial charge in [0, 0.05) is 25.7 Å². The molecule has 0 saturated carbocycles. The second-order valence-electron chi connectivity index (χ2n) is 4.95. The Labute approximate surface area is 109 Å². The average molecular weight is 278 g/mol. The van der Waals surface area contributed by atoms with Gasteiger partial charge in [0.15, 0.2) is 0 Å². The molecule has 1 unspecified atom stereocenters. The summed E-state index contributed by atoms with van der Waals surface area (Å²) in [5, 5.41) is 3.46. The van der Waals surface area contributed by atoms with Crippen LogP contribution in [0, 0.1) is 0 Å². The summed E-state index contributed by atoms with van der Waals surface area (Å²) in [6, 6.07) is 0.398. The summed E-state index contributed by atoms with van der Waals surface area (Å²) in [5.74, 6) is 0. The number of hydrogen-bond acceptors (Lipinski definition) is 5. The van der Waals surface area contributed by atoms with Gasteiger partial charge < -0.3 is 14.8 Å². The molecule has 106 valence electrons. The Bertz CT molecular complexity index is 346. The van der Waals surface area contributed by atoms with Crippen LogP contribution in [-0.2, 0) is 19.5 Å². The quantitative estimate of drug-likeness (QED) is 0.769. The van der Waals surface area contributed by atoms with E-state index >= 15 is 0 Å². The van der Waals surface area contributed by atoms with Crippen molar-refractivity contribution in [1.29, 1.82) is 0 Å². The summed E-state index contributed by atoms with van der Waals surface area (Å²) >= 11 is 0. The first-order valence-corrected chi connectivity index (χ1v) is 8.28. The minimum Gasteiger partial charge on any atom is -0.355 e. The van der Waals surface area contributed by atoms with E-state index in [1.165, 1.54) is 6.26 Å². The van der Waals surface area contributed by atoms with Crippen molar-refractivity contribution in [1.82, 2.24) is 9.62 Å². The molecule has 0 aromatic heterocycles. The van der Waals surface area contributed by atoms with Crippen LogP contribution in [0.4, 0.5) is 0 Å². The minimum absolute atomic E-state index is 0.228. The first-order valence-electron chi connectivity index (χ1n) is 6.43. The SMILES string of the molecule is CS(=O)(=O)N1CCC(NCC2CCOCO2)CC1. The molecule has 18 heavy (non-hydrogen) atoms. The molecule has 0 bridgehead atoms. The van der Waals surface area contributed by atoms with E-state index in [0.29, 0.717) is 25.9 Å². The molecule has 2 aliphatic heterocycles. The smallest absolute Gasteiger partial charge is 0.211 e. The molecule has 0 spiro atoms. The zero-order valence-corrected chi connectivity index (χ0v) is 11.6. The zero-order valence-electron chi connectivity index (χ0n) is 10.8. The Morgan fingerprint density at radius 2 is 2.00 bits per heavy atom. The first kappa shape index (κ1) is 14.2. The van der Waals surface area contributed by atoms with Gasteiger partial charge in [-0.15, -0.1) is 0 Å². The normalized spacial score (nSPS) is 28.4. The predicted octanol–water partition coefficient (Wildman–Crippen LogP) is -0.237. The summed E-state index contributed by atoms with van der Waals surface area (Å²) in [6.45, 7) is 3.21. The van der Waals surface area contributed by atoms with E-state index in [-0.39, 0.29) is 6.10 Å². The zero-order chi connectivity index (χ0) is 13.0. The molecule has 2 saturated heterocycles. The standard InChI is InChI=1S/C11H22N2O4S/c1-18(14,15)13-5-2-10(3-6-13)12-8-11-4-7-16-9-17-11/h10-12H,2-9H2,1H3. The van der Waals surface area contributed by atoms with Crippen LogP contribution in [-0.4, -0.2) is 64.2 Å². The lowest BCUT2D eigenvalue weighted by atomic mass is 10.1. The largest absolute Gasteiger partial charge is 0.355 e. The molecule has 1 N–H and O–H groups in total. The molecule has 2 heterocycles. The number of hydrogen-bond donors (Lipinski definition) is 1. The fourth-order valence-corrected chi connectivity index (χ4v) is 3.23. The second kappa shape index (κ2) is 6.29. The summed E-state index contributed by atoms with van der Waals surface area (Å²) in [7, 11) is -3.02. The van der Waals surface area contributed by atoms with Crippen LogP contribution in [0.3, 0.4) is 0 Å². The molecule has 2 aliphatic rings. The van der Waals surface area contributed by atoms with Gasteiger partial charge in [-0.1, -0.05) is 0 Å². The average Bonchev–Trinajstić information content (AvgIpc) is 2.37. The number of piperidine rings is 1. The molecule has 7 heteroatoms. The third-order valence-electron chi connectivity index (χ3n) is 3.53. The number of nitrogens with zero attached hydrogens (tertiary/aromatic N) is 1. The van der Waals surface area contributed by atoms with Gasteiger partial charge in [-0.2, -0.15) is 0 Å². The fourth-order valence-electron chi connectivity index (χ4n) is 2.35. The van der Waals surface area contributed by atoms with Crippen LogP contribution >= 0.6 is 0 Å². The first-order chi connectivity index (χ1) is 8.55. The maximum Gasteiger partial charge on any atom is 0.211 e. The van der Waals surface area contributed by atoms with E-state index < -0.39 is 10.0 Å². The molecule has 2 fully saturated rings. The highest BCUT2D eigenvalue weighted by atomic mass is 32.2. The summed E-state index contributed by atoms with van der Waals surface area (Å²) < 4.78 is 34.9. The van der Waals surface area contributed by atoms with E-state index in [1.54, 1.807) is 4.31 Å². The molecule has 0 aromatic carbocycles. The van der Waals surface area contributed by atoms with Gasteiger partial charge in [-0.25, -0.2) is 12.7 Å². The van der Waals surface area contributed by atoms with Gasteiger partial charge in [-0.05, 0) is 19.3 Å². The second-order valence-corrected chi connectivity index (χ2v) is 6.93. The van der Waals surface area contributed by atoms with Crippen LogP contribution in [0.2, 0.25) is 0 Å². The molecule has 0 aromatic rings. The van der Waals surface area contributed by atoms with Crippen molar-refractivity contribution in [3.63, 3.8) is 0 Å². The number of nitrogens with one attached hydrogen (secondary N) is 1. The molecular formula is C11H22N2O4S.